The van der Waals surface area contributed by atoms with Crippen LogP contribution < -0.4 is 9.62 Å². The number of nitrogens with zero attached hydrogens (tertiary/aromatic N) is 1. The lowest BCUT2D eigenvalue weighted by atomic mass is 10.1. The summed E-state index contributed by atoms with van der Waals surface area (Å²) >= 11 is 0. The van der Waals surface area contributed by atoms with Crippen LogP contribution in [0.3, 0.4) is 0 Å². The van der Waals surface area contributed by atoms with Crippen molar-refractivity contribution in [3.05, 3.63) is 59.7 Å². The van der Waals surface area contributed by atoms with Gasteiger partial charge in [-0.3, -0.25) is 9.10 Å². The van der Waals surface area contributed by atoms with Crippen LogP contribution in [0.2, 0.25) is 0 Å². The van der Waals surface area contributed by atoms with E-state index in [2.05, 4.69) is 5.32 Å². The maximum absolute atomic E-state index is 12.3. The molecule has 0 fully saturated rings. The number of anilines is 2. The number of hydrogen-bond donors (Lipinski definition) is 1. The molecule has 6 heteroatoms. The van der Waals surface area contributed by atoms with Gasteiger partial charge in [0, 0.05) is 17.3 Å². The number of benzene rings is 2. The molecule has 2 aromatic rings. The lowest BCUT2D eigenvalue weighted by molar-refractivity contribution is 0.102. The monoisotopic (exact) mass is 330 g/mol. The van der Waals surface area contributed by atoms with Gasteiger partial charge < -0.3 is 5.32 Å². The zero-order chi connectivity index (χ0) is 16.6. The van der Waals surface area contributed by atoms with Crippen molar-refractivity contribution < 1.29 is 13.2 Å². The fourth-order valence-corrected chi connectivity index (χ4v) is 4.24. The van der Waals surface area contributed by atoms with Crippen LogP contribution in [-0.2, 0) is 16.4 Å². The molecule has 0 spiro atoms. The van der Waals surface area contributed by atoms with Crippen LogP contribution in [0.1, 0.15) is 22.8 Å². The lowest BCUT2D eigenvalue weighted by Gasteiger charge is -2.21. The van der Waals surface area contributed by atoms with Crippen molar-refractivity contribution in [2.45, 2.75) is 19.4 Å². The molecule has 1 heterocycles. The molecular formula is C17H18N2O3S. The fourth-order valence-electron chi connectivity index (χ4n) is 2.97. The minimum Gasteiger partial charge on any atom is -0.322 e. The summed E-state index contributed by atoms with van der Waals surface area (Å²) in [6.07, 6.45) is 1.81. The Morgan fingerprint density at radius 2 is 1.87 bits per heavy atom. The SMILES string of the molecule is CC1Cc2cc(C(=O)Nc3ccccc3)ccc2N1S(C)(=O)=O. The highest BCUT2D eigenvalue weighted by Crippen LogP contribution is 2.34. The summed E-state index contributed by atoms with van der Waals surface area (Å²) in [6.45, 7) is 1.87. The van der Waals surface area contributed by atoms with Gasteiger partial charge in [0.25, 0.3) is 5.91 Å². The van der Waals surface area contributed by atoms with E-state index in [9.17, 15) is 13.2 Å². The first-order chi connectivity index (χ1) is 10.9. The zero-order valence-electron chi connectivity index (χ0n) is 13.0. The summed E-state index contributed by atoms with van der Waals surface area (Å²) in [7, 11) is -3.31. The smallest absolute Gasteiger partial charge is 0.255 e. The van der Waals surface area contributed by atoms with Gasteiger partial charge in [0.1, 0.15) is 0 Å². The molecular weight excluding hydrogens is 312 g/mol. The Kier molecular flexibility index (Phi) is 3.85. The molecule has 0 saturated carbocycles. The molecule has 1 aliphatic heterocycles. The van der Waals surface area contributed by atoms with Gasteiger partial charge in [-0.15, -0.1) is 0 Å². The van der Waals surface area contributed by atoms with Crippen LogP contribution in [0.15, 0.2) is 48.5 Å². The quantitative estimate of drug-likeness (QED) is 0.941. The minimum atomic E-state index is -3.31. The van der Waals surface area contributed by atoms with E-state index in [-0.39, 0.29) is 11.9 Å². The van der Waals surface area contributed by atoms with E-state index in [0.29, 0.717) is 17.7 Å². The first kappa shape index (κ1) is 15.6. The van der Waals surface area contributed by atoms with Crippen LogP contribution >= 0.6 is 0 Å². The van der Waals surface area contributed by atoms with E-state index < -0.39 is 10.0 Å². The van der Waals surface area contributed by atoms with Crippen molar-refractivity contribution in [2.24, 2.45) is 0 Å². The fraction of sp³-hybridized carbons (Fsp3) is 0.235. The summed E-state index contributed by atoms with van der Waals surface area (Å²) in [4.78, 5) is 12.3. The van der Waals surface area contributed by atoms with Gasteiger partial charge in [-0.1, -0.05) is 18.2 Å². The molecule has 3 rings (SSSR count). The van der Waals surface area contributed by atoms with Crippen molar-refractivity contribution >= 4 is 27.3 Å². The van der Waals surface area contributed by atoms with E-state index >= 15 is 0 Å². The van der Waals surface area contributed by atoms with Crippen molar-refractivity contribution in [3.8, 4) is 0 Å². The minimum absolute atomic E-state index is 0.132. The lowest BCUT2D eigenvalue weighted by Crippen LogP contribution is -2.34. The Morgan fingerprint density at radius 3 is 2.52 bits per heavy atom. The van der Waals surface area contributed by atoms with E-state index in [1.807, 2.05) is 37.3 Å². The number of sulfonamides is 1. The van der Waals surface area contributed by atoms with Gasteiger partial charge in [0.15, 0.2) is 0 Å². The van der Waals surface area contributed by atoms with E-state index in [4.69, 9.17) is 0 Å². The average molecular weight is 330 g/mol. The highest BCUT2D eigenvalue weighted by Gasteiger charge is 2.32. The Morgan fingerprint density at radius 1 is 1.17 bits per heavy atom. The molecule has 2 aromatic carbocycles. The molecule has 1 aliphatic rings. The van der Waals surface area contributed by atoms with Crippen molar-refractivity contribution in [1.29, 1.82) is 0 Å². The second-order valence-corrected chi connectivity index (χ2v) is 7.64. The largest absolute Gasteiger partial charge is 0.322 e. The molecule has 5 nitrogen and oxygen atoms in total. The molecule has 1 unspecified atom stereocenters. The maximum Gasteiger partial charge on any atom is 0.255 e. The van der Waals surface area contributed by atoms with Crippen LogP contribution in [0.5, 0.6) is 0 Å². The Balaban J connectivity index is 1.88. The number of hydrogen-bond acceptors (Lipinski definition) is 3. The number of carbonyl (C=O) groups excluding carboxylic acids is 1. The van der Waals surface area contributed by atoms with Gasteiger partial charge in [-0.05, 0) is 49.2 Å². The Labute approximate surface area is 136 Å². The topological polar surface area (TPSA) is 66.5 Å². The molecule has 1 N–H and O–H groups in total. The first-order valence-electron chi connectivity index (χ1n) is 7.35. The molecule has 0 bridgehead atoms. The molecule has 0 radical (unpaired) electrons. The molecule has 0 saturated heterocycles. The number of rotatable bonds is 3. The predicted octanol–water partition coefficient (Wildman–Crippen LogP) is 2.65. The number of fused-ring (bicyclic) bond motifs is 1. The molecule has 0 aliphatic carbocycles. The number of carbonyl (C=O) groups is 1. The summed E-state index contributed by atoms with van der Waals surface area (Å²) in [5.74, 6) is -0.204. The third-order valence-corrected chi connectivity index (χ3v) is 5.15. The number of amides is 1. The third kappa shape index (κ3) is 3.07. The van der Waals surface area contributed by atoms with Crippen molar-refractivity contribution in [2.75, 3.05) is 15.9 Å². The summed E-state index contributed by atoms with van der Waals surface area (Å²) in [5.41, 5.74) is 2.79. The van der Waals surface area contributed by atoms with Gasteiger partial charge in [0.05, 0.1) is 11.9 Å². The van der Waals surface area contributed by atoms with E-state index in [1.54, 1.807) is 18.2 Å². The second-order valence-electron chi connectivity index (χ2n) is 5.78. The third-order valence-electron chi connectivity index (χ3n) is 3.88. The summed E-state index contributed by atoms with van der Waals surface area (Å²) in [6, 6.07) is 14.2. The highest BCUT2D eigenvalue weighted by atomic mass is 32.2. The first-order valence-corrected chi connectivity index (χ1v) is 9.20. The van der Waals surface area contributed by atoms with Gasteiger partial charge in [-0.2, -0.15) is 0 Å². The van der Waals surface area contributed by atoms with E-state index in [0.717, 1.165) is 11.3 Å². The average Bonchev–Trinajstić information content (AvgIpc) is 2.82. The van der Waals surface area contributed by atoms with Gasteiger partial charge in [0.2, 0.25) is 10.0 Å². The van der Waals surface area contributed by atoms with Crippen molar-refractivity contribution in [3.63, 3.8) is 0 Å². The summed E-state index contributed by atoms with van der Waals surface area (Å²) < 4.78 is 25.2. The molecule has 120 valence electrons. The van der Waals surface area contributed by atoms with Crippen molar-refractivity contribution in [1.82, 2.24) is 0 Å². The second kappa shape index (κ2) is 5.70. The van der Waals surface area contributed by atoms with E-state index in [1.165, 1.54) is 10.6 Å². The standard InChI is InChI=1S/C17H18N2O3S/c1-12-10-14-11-13(8-9-16(14)19(12)23(2,21)22)17(20)18-15-6-4-3-5-7-15/h3-9,11-12H,10H2,1-2H3,(H,18,20). The molecule has 1 amide bonds. The zero-order valence-corrected chi connectivity index (χ0v) is 13.8. The Bertz CT molecular complexity index is 847. The molecule has 23 heavy (non-hydrogen) atoms. The van der Waals surface area contributed by atoms with Gasteiger partial charge in [-0.25, -0.2) is 8.42 Å². The molecule has 1 atom stereocenters. The van der Waals surface area contributed by atoms with Crippen LogP contribution in [0.4, 0.5) is 11.4 Å². The van der Waals surface area contributed by atoms with Crippen LogP contribution in [0.25, 0.3) is 0 Å². The number of para-hydroxylation sites is 1. The highest BCUT2D eigenvalue weighted by molar-refractivity contribution is 7.92. The van der Waals surface area contributed by atoms with Crippen LogP contribution in [-0.4, -0.2) is 26.6 Å². The Hall–Kier alpha value is -2.34. The van der Waals surface area contributed by atoms with Crippen LogP contribution in [0, 0.1) is 0 Å². The maximum atomic E-state index is 12.3. The normalized spacial score (nSPS) is 17.0. The predicted molar refractivity (Wildman–Crippen MR) is 91.3 cm³/mol. The molecule has 0 aromatic heterocycles. The number of nitrogens with one attached hydrogen (secondary N) is 1. The summed E-state index contributed by atoms with van der Waals surface area (Å²) in [5, 5.41) is 2.83. The van der Waals surface area contributed by atoms with Gasteiger partial charge >= 0.3 is 0 Å².